The minimum absolute atomic E-state index is 0.0464. The van der Waals surface area contributed by atoms with Gasteiger partial charge in [-0.3, -0.25) is 14.4 Å². The molecule has 0 spiro atoms. The summed E-state index contributed by atoms with van der Waals surface area (Å²) in [7, 11) is 1.27. The Kier molecular flexibility index (Phi) is 8.55. The number of aromatic nitrogens is 1. The Labute approximate surface area is 220 Å². The fourth-order valence-electron chi connectivity index (χ4n) is 4.93. The molecule has 3 aromatic rings. The Morgan fingerprint density at radius 3 is 2.55 bits per heavy atom. The van der Waals surface area contributed by atoms with Crippen molar-refractivity contribution in [2.24, 2.45) is 0 Å². The molecule has 2 amide bonds. The van der Waals surface area contributed by atoms with Crippen molar-refractivity contribution in [2.45, 2.75) is 51.4 Å². The van der Waals surface area contributed by atoms with Crippen molar-refractivity contribution in [3.63, 3.8) is 0 Å². The van der Waals surface area contributed by atoms with Gasteiger partial charge in [-0.25, -0.2) is 9.18 Å². The van der Waals surface area contributed by atoms with Gasteiger partial charge in [-0.15, -0.1) is 0 Å². The number of hydrogen-bond donors (Lipinski definition) is 1. The molecule has 4 rings (SSSR count). The van der Waals surface area contributed by atoms with E-state index in [9.17, 15) is 23.6 Å². The molecule has 1 N–H and O–H groups in total. The highest BCUT2D eigenvalue weighted by molar-refractivity contribution is 6.09. The van der Waals surface area contributed by atoms with Crippen LogP contribution in [0.3, 0.4) is 0 Å². The van der Waals surface area contributed by atoms with Gasteiger partial charge >= 0.3 is 5.97 Å². The van der Waals surface area contributed by atoms with Gasteiger partial charge in [-0.2, -0.15) is 0 Å². The number of hydrogen-bond acceptors (Lipinski definition) is 5. The summed E-state index contributed by atoms with van der Waals surface area (Å²) in [4.78, 5) is 51.6. The summed E-state index contributed by atoms with van der Waals surface area (Å²) in [6.07, 6.45) is 2.80. The second-order valence-corrected chi connectivity index (χ2v) is 9.58. The summed E-state index contributed by atoms with van der Waals surface area (Å²) < 4.78 is 20.7. The number of benzene rings is 2. The zero-order chi connectivity index (χ0) is 27.2. The average Bonchev–Trinajstić information content (AvgIpc) is 3.49. The number of ether oxygens (including phenoxy) is 1. The molecule has 0 unspecified atom stereocenters. The van der Waals surface area contributed by atoms with E-state index in [0.717, 1.165) is 19.3 Å². The van der Waals surface area contributed by atoms with Crippen molar-refractivity contribution in [3.8, 4) is 0 Å². The molecule has 38 heavy (non-hydrogen) atoms. The van der Waals surface area contributed by atoms with Crippen LogP contribution in [0, 0.1) is 0 Å². The number of likely N-dealkylation sites (tertiary alicyclic amines) is 1. The van der Waals surface area contributed by atoms with Crippen LogP contribution in [0.5, 0.6) is 0 Å². The summed E-state index contributed by atoms with van der Waals surface area (Å²) >= 11 is 0. The maximum Gasteiger partial charge on any atom is 0.337 e. The number of methoxy groups -OCH3 is 1. The topological polar surface area (TPSA) is 97.7 Å². The van der Waals surface area contributed by atoms with Crippen molar-refractivity contribution < 1.29 is 28.3 Å². The fourth-order valence-corrected chi connectivity index (χ4v) is 4.93. The first-order valence-electron chi connectivity index (χ1n) is 12.8. The molecule has 2 aromatic carbocycles. The number of unbranched alkanes of at least 4 members (excludes halogenated alkanes) is 1. The predicted molar refractivity (Wildman–Crippen MR) is 141 cm³/mol. The molecular formula is C29H32FN3O5. The Bertz CT molecular complexity index is 1340. The van der Waals surface area contributed by atoms with Crippen molar-refractivity contribution >= 4 is 34.5 Å². The molecule has 1 aliphatic heterocycles. The lowest BCUT2D eigenvalue weighted by Crippen LogP contribution is -2.47. The normalized spacial score (nSPS) is 17.0. The van der Waals surface area contributed by atoms with E-state index in [1.807, 2.05) is 18.2 Å². The number of rotatable bonds is 10. The monoisotopic (exact) mass is 521 g/mol. The smallest absolute Gasteiger partial charge is 0.337 e. The molecule has 1 saturated heterocycles. The van der Waals surface area contributed by atoms with E-state index in [1.165, 1.54) is 24.5 Å². The van der Waals surface area contributed by atoms with E-state index in [4.69, 9.17) is 4.74 Å². The molecule has 1 aliphatic rings. The van der Waals surface area contributed by atoms with E-state index in [1.54, 1.807) is 29.0 Å². The van der Waals surface area contributed by atoms with Crippen LogP contribution in [0.1, 0.15) is 52.5 Å². The first-order chi connectivity index (χ1) is 18.3. The second-order valence-electron chi connectivity index (χ2n) is 9.58. The number of ketones is 1. The lowest BCUT2D eigenvalue weighted by atomic mass is 10.1. The number of nitrogens with zero attached hydrogens (tertiary/aromatic N) is 2. The van der Waals surface area contributed by atoms with Crippen LogP contribution in [-0.2, 0) is 27.3 Å². The molecule has 0 bridgehead atoms. The zero-order valence-corrected chi connectivity index (χ0v) is 21.6. The fraction of sp³-hybridized carbons (Fsp3) is 0.379. The second kappa shape index (κ2) is 12.0. The summed E-state index contributed by atoms with van der Waals surface area (Å²) in [5, 5.41) is 3.37. The summed E-state index contributed by atoms with van der Waals surface area (Å²) in [5.74, 6) is -1.54. The van der Waals surface area contributed by atoms with E-state index >= 15 is 0 Å². The maximum absolute atomic E-state index is 14.4. The first-order valence-corrected chi connectivity index (χ1v) is 12.8. The minimum atomic E-state index is -1.29. The number of carbonyl (C=O) groups excluding carboxylic acids is 4. The van der Waals surface area contributed by atoms with Crippen LogP contribution < -0.4 is 5.32 Å². The minimum Gasteiger partial charge on any atom is -0.465 e. The summed E-state index contributed by atoms with van der Waals surface area (Å²) in [5.41, 5.74) is 2.45. The number of carbonyl (C=O) groups is 4. The van der Waals surface area contributed by atoms with Gasteiger partial charge in [-0.05, 0) is 49.9 Å². The van der Waals surface area contributed by atoms with Crippen molar-refractivity contribution in [2.75, 3.05) is 20.2 Å². The molecule has 200 valence electrons. The van der Waals surface area contributed by atoms with Crippen LogP contribution in [0.25, 0.3) is 10.9 Å². The highest BCUT2D eigenvalue weighted by Crippen LogP contribution is 2.26. The number of esters is 1. The quantitative estimate of drug-likeness (QED) is 0.249. The van der Waals surface area contributed by atoms with Gasteiger partial charge in [0.05, 0.1) is 19.2 Å². The van der Waals surface area contributed by atoms with Crippen LogP contribution in [0.15, 0.2) is 54.7 Å². The molecule has 9 heteroatoms. The van der Waals surface area contributed by atoms with Crippen LogP contribution >= 0.6 is 0 Å². The lowest BCUT2D eigenvalue weighted by molar-refractivity contribution is -0.138. The van der Waals surface area contributed by atoms with E-state index in [2.05, 4.69) is 17.4 Å². The SMILES string of the molecule is COC(=O)c1ccc2c(c1)c(C(C)=O)cn2CC(=O)N1C[C@H](F)C[C@H]1C(=O)NCCCCc1ccccc1. The zero-order valence-electron chi connectivity index (χ0n) is 21.6. The number of aryl methyl sites for hydroxylation is 1. The third kappa shape index (κ3) is 6.10. The number of fused-ring (bicyclic) bond motifs is 1. The van der Waals surface area contributed by atoms with Crippen molar-refractivity contribution in [1.82, 2.24) is 14.8 Å². The van der Waals surface area contributed by atoms with Gasteiger partial charge in [0, 0.05) is 35.6 Å². The van der Waals surface area contributed by atoms with Gasteiger partial charge < -0.3 is 19.5 Å². The van der Waals surface area contributed by atoms with Crippen LogP contribution in [0.2, 0.25) is 0 Å². The van der Waals surface area contributed by atoms with Gasteiger partial charge in [-0.1, -0.05) is 30.3 Å². The standard InChI is InChI=1S/C29H32FN3O5/c1-19(34)24-17-32(25-12-11-21(14-23(24)25)29(37)38-2)18-27(35)33-16-22(30)15-26(33)28(36)31-13-7-6-10-20-8-4-3-5-9-20/h3-5,8-9,11-12,14,17,22,26H,6-7,10,13,15-16,18H2,1-2H3,(H,31,36)/t22-,26+/m1/s1. The lowest BCUT2D eigenvalue weighted by Gasteiger charge is -2.24. The molecule has 0 radical (unpaired) electrons. The Hall–Kier alpha value is -4.01. The largest absolute Gasteiger partial charge is 0.465 e. The van der Waals surface area contributed by atoms with Gasteiger partial charge in [0.15, 0.2) is 5.78 Å². The number of amides is 2. The number of Topliss-reactive ketones (excluding diaryl/α,β-unsaturated/α-hetero) is 1. The predicted octanol–water partition coefficient (Wildman–Crippen LogP) is 3.71. The highest BCUT2D eigenvalue weighted by Gasteiger charge is 2.39. The Morgan fingerprint density at radius 2 is 1.84 bits per heavy atom. The Morgan fingerprint density at radius 1 is 1.08 bits per heavy atom. The molecule has 8 nitrogen and oxygen atoms in total. The average molecular weight is 522 g/mol. The van der Waals surface area contributed by atoms with E-state index in [-0.39, 0.29) is 36.8 Å². The molecule has 0 aliphatic carbocycles. The molecule has 1 fully saturated rings. The number of halogens is 1. The van der Waals surface area contributed by atoms with E-state index in [0.29, 0.717) is 23.0 Å². The van der Waals surface area contributed by atoms with Crippen LogP contribution in [-0.4, -0.2) is 65.4 Å². The third-order valence-electron chi connectivity index (χ3n) is 6.89. The van der Waals surface area contributed by atoms with Gasteiger partial charge in [0.25, 0.3) is 0 Å². The molecule has 2 heterocycles. The van der Waals surface area contributed by atoms with Crippen LogP contribution in [0.4, 0.5) is 4.39 Å². The molecule has 2 atom stereocenters. The Balaban J connectivity index is 1.41. The molecule has 0 saturated carbocycles. The molecular weight excluding hydrogens is 489 g/mol. The molecule has 1 aromatic heterocycles. The van der Waals surface area contributed by atoms with Crippen molar-refractivity contribution in [3.05, 3.63) is 71.4 Å². The highest BCUT2D eigenvalue weighted by atomic mass is 19.1. The van der Waals surface area contributed by atoms with Gasteiger partial charge in [0.1, 0.15) is 18.8 Å². The van der Waals surface area contributed by atoms with Crippen molar-refractivity contribution in [1.29, 1.82) is 0 Å². The number of alkyl halides is 1. The van der Waals surface area contributed by atoms with E-state index < -0.39 is 24.1 Å². The third-order valence-corrected chi connectivity index (χ3v) is 6.89. The maximum atomic E-state index is 14.4. The van der Waals surface area contributed by atoms with Gasteiger partial charge in [0.2, 0.25) is 11.8 Å². The summed E-state index contributed by atoms with van der Waals surface area (Å²) in [6.45, 7) is 1.53. The summed E-state index contributed by atoms with van der Waals surface area (Å²) in [6, 6.07) is 14.0. The number of nitrogens with one attached hydrogen (secondary N) is 1. The first kappa shape index (κ1) is 27.0.